The summed E-state index contributed by atoms with van der Waals surface area (Å²) >= 11 is 3.52. The zero-order chi connectivity index (χ0) is 15.1. The van der Waals surface area contributed by atoms with Crippen molar-refractivity contribution in [2.24, 2.45) is 0 Å². The smallest absolute Gasteiger partial charge is 0.332 e. The summed E-state index contributed by atoms with van der Waals surface area (Å²) < 4.78 is 16.7. The summed E-state index contributed by atoms with van der Waals surface area (Å²) in [5.74, 6) is 0.675. The first-order chi connectivity index (χ1) is 10.2. The first-order valence-electron chi connectivity index (χ1n) is 7.09. The quantitative estimate of drug-likeness (QED) is 0.570. The van der Waals surface area contributed by atoms with Crippen molar-refractivity contribution in [2.45, 2.75) is 19.9 Å². The van der Waals surface area contributed by atoms with E-state index < -0.39 is 0 Å². The highest BCUT2D eigenvalue weighted by molar-refractivity contribution is 9.10. The Kier molecular flexibility index (Phi) is 6.48. The second kappa shape index (κ2) is 8.36. The Morgan fingerprint density at radius 2 is 2.33 bits per heavy atom. The van der Waals surface area contributed by atoms with Gasteiger partial charge in [0.05, 0.1) is 19.8 Å². The summed E-state index contributed by atoms with van der Waals surface area (Å²) in [4.78, 5) is 11.1. The zero-order valence-corrected chi connectivity index (χ0v) is 13.7. The number of esters is 1. The van der Waals surface area contributed by atoms with Gasteiger partial charge in [0.25, 0.3) is 0 Å². The highest BCUT2D eigenvalue weighted by Gasteiger charge is 2.16. The van der Waals surface area contributed by atoms with Crippen LogP contribution in [0.4, 0.5) is 0 Å². The van der Waals surface area contributed by atoms with Crippen LogP contribution in [0.1, 0.15) is 18.1 Å². The molecule has 0 bridgehead atoms. The van der Waals surface area contributed by atoms with E-state index in [0.717, 1.165) is 28.8 Å². The molecule has 0 unspecified atom stereocenters. The summed E-state index contributed by atoms with van der Waals surface area (Å²) in [6.07, 6.45) is 0.963. The Balaban J connectivity index is 1.69. The summed E-state index contributed by atoms with van der Waals surface area (Å²) in [5, 5.41) is 3.29. The van der Waals surface area contributed by atoms with Crippen LogP contribution in [0.2, 0.25) is 0 Å². The lowest BCUT2D eigenvalue weighted by atomic mass is 10.1. The fraction of sp³-hybridized carbons (Fsp3) is 0.533. The van der Waals surface area contributed by atoms with Crippen molar-refractivity contribution in [2.75, 3.05) is 33.0 Å². The maximum Gasteiger partial charge on any atom is 0.332 e. The number of fused-ring (bicyclic) bond motifs is 1. The van der Waals surface area contributed by atoms with Crippen LogP contribution in [-0.4, -0.2) is 38.9 Å². The van der Waals surface area contributed by atoms with Crippen LogP contribution in [0.15, 0.2) is 16.6 Å². The van der Waals surface area contributed by atoms with Crippen LogP contribution in [-0.2, 0) is 27.2 Å². The average molecular weight is 358 g/mol. The van der Waals surface area contributed by atoms with Crippen molar-refractivity contribution in [1.82, 2.24) is 5.32 Å². The minimum Gasteiger partial charge on any atom is -0.493 e. The van der Waals surface area contributed by atoms with Crippen LogP contribution < -0.4 is 10.1 Å². The second-order valence-corrected chi connectivity index (χ2v) is 5.60. The van der Waals surface area contributed by atoms with E-state index in [2.05, 4.69) is 33.4 Å². The average Bonchev–Trinajstić information content (AvgIpc) is 2.90. The molecule has 0 aromatic heterocycles. The molecule has 6 heteroatoms. The van der Waals surface area contributed by atoms with Crippen LogP contribution in [0.3, 0.4) is 0 Å². The highest BCUT2D eigenvalue weighted by atomic mass is 79.9. The molecule has 5 nitrogen and oxygen atoms in total. The third-order valence-electron chi connectivity index (χ3n) is 3.09. The summed E-state index contributed by atoms with van der Waals surface area (Å²) in [6.45, 7) is 4.76. The Labute approximate surface area is 133 Å². The lowest BCUT2D eigenvalue weighted by Crippen LogP contribution is -2.22. The molecule has 0 radical (unpaired) electrons. The maximum absolute atomic E-state index is 11.1. The van der Waals surface area contributed by atoms with E-state index in [1.807, 2.05) is 0 Å². The second-order valence-electron chi connectivity index (χ2n) is 4.69. The molecule has 2 rings (SSSR count). The molecule has 1 aromatic carbocycles. The zero-order valence-electron chi connectivity index (χ0n) is 12.1. The Bertz CT molecular complexity index is 493. The number of rotatable bonds is 8. The molecule has 1 aromatic rings. The lowest BCUT2D eigenvalue weighted by Gasteiger charge is -2.10. The molecule has 116 valence electrons. The normalized spacial score (nSPS) is 12.9. The number of hydrogen-bond acceptors (Lipinski definition) is 5. The third kappa shape index (κ3) is 4.98. The lowest BCUT2D eigenvalue weighted by molar-refractivity contribution is -0.148. The van der Waals surface area contributed by atoms with Crippen LogP contribution in [0.25, 0.3) is 0 Å². The predicted molar refractivity (Wildman–Crippen MR) is 82.5 cm³/mol. The van der Waals surface area contributed by atoms with Crippen molar-refractivity contribution in [3.8, 4) is 5.75 Å². The Morgan fingerprint density at radius 3 is 3.14 bits per heavy atom. The molecule has 0 saturated carbocycles. The molecule has 0 aliphatic carbocycles. The molecule has 0 atom stereocenters. The fourth-order valence-corrected chi connectivity index (χ4v) is 2.76. The first-order valence-corrected chi connectivity index (χ1v) is 7.88. The molecular formula is C15H20BrNO4. The molecule has 0 fully saturated rings. The molecular weight excluding hydrogens is 338 g/mol. The van der Waals surface area contributed by atoms with Crippen molar-refractivity contribution in [3.63, 3.8) is 0 Å². The minimum atomic E-state index is -0.323. The van der Waals surface area contributed by atoms with E-state index in [1.165, 1.54) is 5.56 Å². The van der Waals surface area contributed by atoms with E-state index in [-0.39, 0.29) is 12.6 Å². The van der Waals surface area contributed by atoms with Gasteiger partial charge in [0, 0.05) is 29.5 Å². The maximum atomic E-state index is 11.1. The van der Waals surface area contributed by atoms with Crippen molar-refractivity contribution < 1.29 is 19.0 Å². The van der Waals surface area contributed by atoms with Crippen LogP contribution in [0, 0.1) is 0 Å². The van der Waals surface area contributed by atoms with E-state index in [4.69, 9.17) is 14.2 Å². The molecule has 0 amide bonds. The molecule has 21 heavy (non-hydrogen) atoms. The Morgan fingerprint density at radius 1 is 1.48 bits per heavy atom. The molecule has 0 saturated heterocycles. The largest absolute Gasteiger partial charge is 0.493 e. The van der Waals surface area contributed by atoms with Gasteiger partial charge < -0.3 is 19.5 Å². The van der Waals surface area contributed by atoms with Crippen molar-refractivity contribution in [3.05, 3.63) is 27.7 Å². The number of benzene rings is 1. The number of halogens is 1. The van der Waals surface area contributed by atoms with E-state index >= 15 is 0 Å². The van der Waals surface area contributed by atoms with Gasteiger partial charge in [0.15, 0.2) is 0 Å². The van der Waals surface area contributed by atoms with Crippen LogP contribution in [0.5, 0.6) is 5.75 Å². The molecule has 1 aliphatic rings. The number of hydrogen-bond donors (Lipinski definition) is 1. The van der Waals surface area contributed by atoms with Gasteiger partial charge in [-0.05, 0) is 24.6 Å². The fourth-order valence-electron chi connectivity index (χ4n) is 2.20. The highest BCUT2D eigenvalue weighted by Crippen LogP contribution is 2.32. The standard InChI is InChI=1S/C15H20BrNO4/c1-2-20-14(18)10-19-6-4-17-9-12-8-13(16)7-11-3-5-21-15(11)12/h7-8,17H,2-6,9-10H2,1H3. The van der Waals surface area contributed by atoms with Gasteiger partial charge >= 0.3 is 5.97 Å². The summed E-state index contributed by atoms with van der Waals surface area (Å²) in [6, 6.07) is 4.17. The minimum absolute atomic E-state index is 0.00488. The molecule has 1 N–H and O–H groups in total. The monoisotopic (exact) mass is 357 g/mol. The van der Waals surface area contributed by atoms with Crippen molar-refractivity contribution in [1.29, 1.82) is 0 Å². The number of carbonyl (C=O) groups excluding carboxylic acids is 1. The Hall–Kier alpha value is -1.11. The number of nitrogens with one attached hydrogen (secondary N) is 1. The summed E-state index contributed by atoms with van der Waals surface area (Å²) in [7, 11) is 0. The van der Waals surface area contributed by atoms with E-state index in [1.54, 1.807) is 6.92 Å². The van der Waals surface area contributed by atoms with Gasteiger partial charge in [-0.2, -0.15) is 0 Å². The van der Waals surface area contributed by atoms with Gasteiger partial charge in [-0.3, -0.25) is 0 Å². The molecule has 0 spiro atoms. The third-order valence-corrected chi connectivity index (χ3v) is 3.55. The van der Waals surface area contributed by atoms with E-state index in [9.17, 15) is 4.79 Å². The SMILES string of the molecule is CCOC(=O)COCCNCc1cc(Br)cc2c1OCC2. The van der Waals surface area contributed by atoms with Gasteiger partial charge in [-0.1, -0.05) is 15.9 Å². The van der Waals surface area contributed by atoms with Gasteiger partial charge in [-0.15, -0.1) is 0 Å². The van der Waals surface area contributed by atoms with Gasteiger partial charge in [0.2, 0.25) is 0 Å². The predicted octanol–water partition coefficient (Wildman–Crippen LogP) is 2.05. The van der Waals surface area contributed by atoms with Crippen LogP contribution >= 0.6 is 15.9 Å². The molecule has 1 heterocycles. The summed E-state index contributed by atoms with van der Waals surface area (Å²) in [5.41, 5.74) is 2.39. The van der Waals surface area contributed by atoms with Gasteiger partial charge in [-0.25, -0.2) is 4.79 Å². The van der Waals surface area contributed by atoms with E-state index in [0.29, 0.717) is 26.3 Å². The number of carbonyl (C=O) groups is 1. The first kappa shape index (κ1) is 16.3. The van der Waals surface area contributed by atoms with Crippen molar-refractivity contribution >= 4 is 21.9 Å². The number of ether oxygens (including phenoxy) is 3. The van der Waals surface area contributed by atoms with Gasteiger partial charge in [0.1, 0.15) is 12.4 Å². The molecule has 1 aliphatic heterocycles. The topological polar surface area (TPSA) is 56.8 Å².